The van der Waals surface area contributed by atoms with E-state index in [1.165, 1.54) is 0 Å². The number of nitrogens with one attached hydrogen (secondary N) is 1. The summed E-state index contributed by atoms with van der Waals surface area (Å²) in [6, 6.07) is 7.53. The summed E-state index contributed by atoms with van der Waals surface area (Å²) >= 11 is 5.89. The summed E-state index contributed by atoms with van der Waals surface area (Å²) in [5, 5.41) is 5.14. The number of anilines is 1. The van der Waals surface area contributed by atoms with Crippen LogP contribution in [-0.4, -0.2) is 24.0 Å². The zero-order valence-corrected chi connectivity index (χ0v) is 15.2. The molecule has 0 atom stereocenters. The highest BCUT2D eigenvalue weighted by Crippen LogP contribution is 2.22. The van der Waals surface area contributed by atoms with Crippen LogP contribution in [0, 0.1) is 13.8 Å². The molecule has 2 rings (SSSR count). The van der Waals surface area contributed by atoms with Crippen LogP contribution in [0.25, 0.3) is 0 Å². The lowest BCUT2D eigenvalue weighted by Crippen LogP contribution is -2.17. The second-order valence-corrected chi connectivity index (χ2v) is 7.88. The molecule has 126 valence electrons. The van der Waals surface area contributed by atoms with Gasteiger partial charge in [0.05, 0.1) is 29.4 Å². The Balaban J connectivity index is 2.20. The molecule has 1 heterocycles. The fraction of sp³-hybridized carbons (Fsp3) is 0.438. The van der Waals surface area contributed by atoms with Crippen LogP contribution in [0.4, 0.5) is 5.69 Å². The SMILES string of the molecule is CCCCS(=O)(=O)Nc1c(C)nn(Cc2ccc(Cl)cc2)c1C. The molecule has 23 heavy (non-hydrogen) atoms. The van der Waals surface area contributed by atoms with Gasteiger partial charge in [-0.1, -0.05) is 37.1 Å². The van der Waals surface area contributed by atoms with Gasteiger partial charge in [-0.05, 0) is 38.0 Å². The van der Waals surface area contributed by atoms with Crippen LogP contribution >= 0.6 is 11.6 Å². The number of benzene rings is 1. The van der Waals surface area contributed by atoms with E-state index in [-0.39, 0.29) is 5.75 Å². The Morgan fingerprint density at radius 3 is 2.48 bits per heavy atom. The lowest BCUT2D eigenvalue weighted by molar-refractivity contribution is 0.597. The van der Waals surface area contributed by atoms with E-state index in [4.69, 9.17) is 11.6 Å². The van der Waals surface area contributed by atoms with E-state index in [9.17, 15) is 8.42 Å². The van der Waals surface area contributed by atoms with Crippen molar-refractivity contribution in [3.8, 4) is 0 Å². The molecular weight excluding hydrogens is 334 g/mol. The molecule has 7 heteroatoms. The quantitative estimate of drug-likeness (QED) is 0.822. The number of aryl methyl sites for hydroxylation is 1. The third kappa shape index (κ3) is 4.72. The largest absolute Gasteiger partial charge is 0.280 e. The van der Waals surface area contributed by atoms with E-state index in [1.807, 2.05) is 45.0 Å². The van der Waals surface area contributed by atoms with Crippen molar-refractivity contribution in [1.29, 1.82) is 0 Å². The molecule has 0 unspecified atom stereocenters. The molecule has 2 aromatic rings. The third-order valence-corrected chi connectivity index (χ3v) is 5.24. The Morgan fingerprint density at radius 2 is 1.87 bits per heavy atom. The van der Waals surface area contributed by atoms with Crippen LogP contribution in [-0.2, 0) is 16.6 Å². The molecule has 1 aromatic carbocycles. The van der Waals surface area contributed by atoms with Crippen LogP contribution in [0.3, 0.4) is 0 Å². The van der Waals surface area contributed by atoms with Crippen molar-refractivity contribution in [3.63, 3.8) is 0 Å². The number of halogens is 1. The van der Waals surface area contributed by atoms with Crippen LogP contribution in [0.5, 0.6) is 0 Å². The van der Waals surface area contributed by atoms with Gasteiger partial charge in [0, 0.05) is 5.02 Å². The molecule has 0 saturated carbocycles. The van der Waals surface area contributed by atoms with E-state index in [2.05, 4.69) is 9.82 Å². The normalized spacial score (nSPS) is 11.7. The van der Waals surface area contributed by atoms with E-state index in [0.29, 0.717) is 29.4 Å². The van der Waals surface area contributed by atoms with Gasteiger partial charge in [-0.2, -0.15) is 5.10 Å². The van der Waals surface area contributed by atoms with E-state index < -0.39 is 10.0 Å². The molecule has 0 aliphatic carbocycles. The molecule has 1 N–H and O–H groups in total. The number of hydrogen-bond acceptors (Lipinski definition) is 3. The Bertz CT molecular complexity index is 767. The number of aromatic nitrogens is 2. The van der Waals surface area contributed by atoms with E-state index in [0.717, 1.165) is 17.7 Å². The average molecular weight is 356 g/mol. The minimum Gasteiger partial charge on any atom is -0.280 e. The summed E-state index contributed by atoms with van der Waals surface area (Å²) in [5.74, 6) is 0.130. The van der Waals surface area contributed by atoms with Crippen LogP contribution in [0.2, 0.25) is 5.02 Å². The lowest BCUT2D eigenvalue weighted by atomic mass is 10.2. The standard InChI is InChI=1S/C16H22ClN3O2S/c1-4-5-10-23(21,22)19-16-12(2)18-20(13(16)3)11-14-6-8-15(17)9-7-14/h6-9,19H,4-5,10-11H2,1-3H3. The number of unbranched alkanes of at least 4 members (excludes halogenated alkanes) is 1. The van der Waals surface area contributed by atoms with Gasteiger partial charge in [0.15, 0.2) is 0 Å². The third-order valence-electron chi connectivity index (χ3n) is 3.65. The number of rotatable bonds is 7. The highest BCUT2D eigenvalue weighted by atomic mass is 35.5. The van der Waals surface area contributed by atoms with Gasteiger partial charge in [-0.3, -0.25) is 9.40 Å². The van der Waals surface area contributed by atoms with Gasteiger partial charge in [-0.25, -0.2) is 8.42 Å². The fourth-order valence-electron chi connectivity index (χ4n) is 2.30. The number of nitrogens with zero attached hydrogens (tertiary/aromatic N) is 2. The second-order valence-electron chi connectivity index (χ2n) is 5.60. The van der Waals surface area contributed by atoms with Crippen molar-refractivity contribution in [3.05, 3.63) is 46.2 Å². The minimum atomic E-state index is -3.33. The van der Waals surface area contributed by atoms with E-state index >= 15 is 0 Å². The number of hydrogen-bond donors (Lipinski definition) is 1. The van der Waals surface area contributed by atoms with Gasteiger partial charge in [0.25, 0.3) is 0 Å². The molecule has 1 aromatic heterocycles. The molecule has 0 radical (unpaired) electrons. The topological polar surface area (TPSA) is 64.0 Å². The Labute approximate surface area is 142 Å². The Kier molecular flexibility index (Phi) is 5.70. The van der Waals surface area contributed by atoms with Gasteiger partial charge >= 0.3 is 0 Å². The predicted molar refractivity (Wildman–Crippen MR) is 94.6 cm³/mol. The van der Waals surface area contributed by atoms with Crippen molar-refractivity contribution in [2.75, 3.05) is 10.5 Å². The van der Waals surface area contributed by atoms with Crippen molar-refractivity contribution < 1.29 is 8.42 Å². The first-order valence-corrected chi connectivity index (χ1v) is 9.64. The second kappa shape index (κ2) is 7.36. The van der Waals surface area contributed by atoms with Crippen LogP contribution in [0.15, 0.2) is 24.3 Å². The minimum absolute atomic E-state index is 0.130. The van der Waals surface area contributed by atoms with Crippen molar-refractivity contribution in [2.24, 2.45) is 0 Å². The first kappa shape index (κ1) is 17.8. The summed E-state index contributed by atoms with van der Waals surface area (Å²) in [4.78, 5) is 0. The van der Waals surface area contributed by atoms with Crippen molar-refractivity contribution in [1.82, 2.24) is 9.78 Å². The first-order valence-electron chi connectivity index (χ1n) is 7.61. The zero-order valence-electron chi connectivity index (χ0n) is 13.6. The summed E-state index contributed by atoms with van der Waals surface area (Å²) in [6.45, 7) is 6.22. The maximum Gasteiger partial charge on any atom is 0.232 e. The summed E-state index contributed by atoms with van der Waals surface area (Å²) < 4.78 is 28.7. The van der Waals surface area contributed by atoms with Crippen LogP contribution < -0.4 is 4.72 Å². The maximum absolute atomic E-state index is 12.1. The first-order chi connectivity index (χ1) is 10.8. The average Bonchev–Trinajstić information content (AvgIpc) is 2.75. The highest BCUT2D eigenvalue weighted by Gasteiger charge is 2.17. The summed E-state index contributed by atoms with van der Waals surface area (Å²) in [5.41, 5.74) is 3.12. The lowest BCUT2D eigenvalue weighted by Gasteiger charge is -2.09. The van der Waals surface area contributed by atoms with Gasteiger partial charge in [-0.15, -0.1) is 0 Å². The Hall–Kier alpha value is -1.53. The van der Waals surface area contributed by atoms with Gasteiger partial charge < -0.3 is 0 Å². The molecule has 0 amide bonds. The molecule has 0 aliphatic rings. The molecule has 0 bridgehead atoms. The van der Waals surface area contributed by atoms with Gasteiger partial charge in [0.1, 0.15) is 0 Å². The monoisotopic (exact) mass is 355 g/mol. The van der Waals surface area contributed by atoms with Crippen molar-refractivity contribution in [2.45, 2.75) is 40.2 Å². The molecule has 0 saturated heterocycles. The predicted octanol–water partition coefficient (Wildman–Crippen LogP) is 3.74. The number of sulfonamides is 1. The molecule has 0 spiro atoms. The Morgan fingerprint density at radius 1 is 1.22 bits per heavy atom. The molecule has 0 fully saturated rings. The summed E-state index contributed by atoms with van der Waals surface area (Å²) in [7, 11) is -3.33. The molecular formula is C16H22ClN3O2S. The van der Waals surface area contributed by atoms with Gasteiger partial charge in [0.2, 0.25) is 10.0 Å². The van der Waals surface area contributed by atoms with Crippen molar-refractivity contribution >= 4 is 27.3 Å². The zero-order chi connectivity index (χ0) is 17.0. The maximum atomic E-state index is 12.1. The van der Waals surface area contributed by atoms with Crippen LogP contribution in [0.1, 0.15) is 36.7 Å². The molecule has 5 nitrogen and oxygen atoms in total. The smallest absolute Gasteiger partial charge is 0.232 e. The summed E-state index contributed by atoms with van der Waals surface area (Å²) in [6.07, 6.45) is 1.49. The van der Waals surface area contributed by atoms with E-state index in [1.54, 1.807) is 4.68 Å². The molecule has 0 aliphatic heterocycles. The highest BCUT2D eigenvalue weighted by molar-refractivity contribution is 7.92. The fourth-order valence-corrected chi connectivity index (χ4v) is 3.81.